The number of hydrogen-bond acceptors (Lipinski definition) is 3. The van der Waals surface area contributed by atoms with Crippen LogP contribution in [0, 0.1) is 11.3 Å². The third-order valence-electron chi connectivity index (χ3n) is 5.26. The summed E-state index contributed by atoms with van der Waals surface area (Å²) in [6.07, 6.45) is 3.70. The molecule has 0 aromatic carbocycles. The maximum atomic E-state index is 12.7. The molecule has 0 unspecified atom stereocenters. The summed E-state index contributed by atoms with van der Waals surface area (Å²) >= 11 is 0. The Morgan fingerprint density at radius 2 is 1.83 bits per heavy atom. The van der Waals surface area contributed by atoms with Crippen molar-refractivity contribution < 1.29 is 13.2 Å². The maximum Gasteiger partial charge on any atom is 0.279 e. The molecule has 1 N–H and O–H groups in total. The molecule has 2 aliphatic heterocycles. The van der Waals surface area contributed by atoms with Gasteiger partial charge in [0.2, 0.25) is 5.91 Å². The van der Waals surface area contributed by atoms with Crippen LogP contribution >= 0.6 is 0 Å². The van der Waals surface area contributed by atoms with Crippen molar-refractivity contribution >= 4 is 16.1 Å². The fourth-order valence-electron chi connectivity index (χ4n) is 3.52. The number of carbonyl (C=O) groups is 1. The highest BCUT2D eigenvalue weighted by molar-refractivity contribution is 7.87. The second-order valence-electron chi connectivity index (χ2n) is 7.77. The Labute approximate surface area is 140 Å². The number of rotatable bonds is 5. The highest BCUT2D eigenvalue weighted by Gasteiger charge is 2.38. The van der Waals surface area contributed by atoms with Crippen LogP contribution in [0.3, 0.4) is 0 Å². The van der Waals surface area contributed by atoms with Gasteiger partial charge in [0.25, 0.3) is 10.2 Å². The lowest BCUT2D eigenvalue weighted by Crippen LogP contribution is -2.51. The minimum absolute atomic E-state index is 0.0209. The first-order valence-electron chi connectivity index (χ1n) is 8.67. The number of hydrogen-bond donors (Lipinski definition) is 1. The molecular weight excluding hydrogens is 314 g/mol. The molecule has 7 heteroatoms. The van der Waals surface area contributed by atoms with Gasteiger partial charge in [0.05, 0.1) is 0 Å². The van der Waals surface area contributed by atoms with Gasteiger partial charge in [-0.25, -0.2) is 0 Å². The lowest BCUT2D eigenvalue weighted by Gasteiger charge is -2.36. The quantitative estimate of drug-likeness (QED) is 0.823. The van der Waals surface area contributed by atoms with Gasteiger partial charge in [-0.15, -0.1) is 0 Å². The third kappa shape index (κ3) is 4.67. The van der Waals surface area contributed by atoms with Crippen LogP contribution in [0.4, 0.5) is 0 Å². The molecular formula is C16H31N3O3S. The van der Waals surface area contributed by atoms with Gasteiger partial charge in [0, 0.05) is 39.1 Å². The van der Waals surface area contributed by atoms with E-state index in [0.717, 1.165) is 25.7 Å². The zero-order valence-corrected chi connectivity index (χ0v) is 15.7. The fourth-order valence-corrected chi connectivity index (χ4v) is 4.98. The van der Waals surface area contributed by atoms with Crippen molar-refractivity contribution in [2.45, 2.75) is 59.4 Å². The summed E-state index contributed by atoms with van der Waals surface area (Å²) in [5.74, 6) is 0.229. The summed E-state index contributed by atoms with van der Waals surface area (Å²) in [5, 5.41) is 0. The summed E-state index contributed by atoms with van der Waals surface area (Å²) in [6, 6.07) is -0.168. The molecule has 0 radical (unpaired) electrons. The smallest absolute Gasteiger partial charge is 0.279 e. The summed E-state index contributed by atoms with van der Waals surface area (Å²) in [6.45, 7) is 10.3. The Balaban J connectivity index is 2.02. The summed E-state index contributed by atoms with van der Waals surface area (Å²) < 4.78 is 29.8. The Bertz CT molecular complexity index is 523. The largest absolute Gasteiger partial charge is 0.341 e. The third-order valence-corrected chi connectivity index (χ3v) is 6.91. The lowest BCUT2D eigenvalue weighted by atomic mass is 9.83. The standard InChI is InChI=1S/C16H31N3O3S/c1-5-6-14-11-18(13(2)20)12-15(14)17-23(21,22)19-9-7-16(3,4)8-10-19/h14-15,17H,5-12H2,1-4H3/t14-,15-/m0/s1. The van der Waals surface area contributed by atoms with Crippen molar-refractivity contribution in [2.24, 2.45) is 11.3 Å². The van der Waals surface area contributed by atoms with E-state index in [1.807, 2.05) is 0 Å². The van der Waals surface area contributed by atoms with Gasteiger partial charge in [0.15, 0.2) is 0 Å². The SMILES string of the molecule is CCC[C@H]1CN(C(C)=O)C[C@@H]1NS(=O)(=O)N1CCC(C)(C)CC1. The van der Waals surface area contributed by atoms with E-state index < -0.39 is 10.2 Å². The molecule has 6 nitrogen and oxygen atoms in total. The summed E-state index contributed by atoms with van der Waals surface area (Å²) in [7, 11) is -3.47. The van der Waals surface area contributed by atoms with E-state index in [1.54, 1.807) is 16.1 Å². The number of nitrogens with zero attached hydrogens (tertiary/aromatic N) is 2. The molecule has 1 amide bonds. The molecule has 23 heavy (non-hydrogen) atoms. The van der Waals surface area contributed by atoms with Gasteiger partial charge in [-0.3, -0.25) is 4.79 Å². The average molecular weight is 346 g/mol. The van der Waals surface area contributed by atoms with E-state index in [0.29, 0.717) is 26.2 Å². The minimum Gasteiger partial charge on any atom is -0.341 e. The van der Waals surface area contributed by atoms with Crippen molar-refractivity contribution in [3.63, 3.8) is 0 Å². The van der Waals surface area contributed by atoms with E-state index in [-0.39, 0.29) is 23.3 Å². The van der Waals surface area contributed by atoms with Gasteiger partial charge in [-0.2, -0.15) is 17.4 Å². The van der Waals surface area contributed by atoms with Gasteiger partial charge in [0.1, 0.15) is 0 Å². The zero-order chi connectivity index (χ0) is 17.3. The number of piperidine rings is 1. The average Bonchev–Trinajstić information content (AvgIpc) is 2.81. The number of likely N-dealkylation sites (tertiary alicyclic amines) is 1. The predicted octanol–water partition coefficient (Wildman–Crippen LogP) is 1.59. The van der Waals surface area contributed by atoms with Crippen LogP contribution < -0.4 is 4.72 Å². The van der Waals surface area contributed by atoms with Crippen LogP contribution in [0.1, 0.15) is 53.4 Å². The topological polar surface area (TPSA) is 69.7 Å². The van der Waals surface area contributed by atoms with Crippen LogP contribution in [0.25, 0.3) is 0 Å². The molecule has 2 rings (SSSR count). The van der Waals surface area contributed by atoms with Crippen LogP contribution in [0.5, 0.6) is 0 Å². The van der Waals surface area contributed by atoms with Crippen molar-refractivity contribution in [2.75, 3.05) is 26.2 Å². The zero-order valence-electron chi connectivity index (χ0n) is 14.8. The van der Waals surface area contributed by atoms with Crippen LogP contribution in [-0.2, 0) is 15.0 Å². The lowest BCUT2D eigenvalue weighted by molar-refractivity contribution is -0.127. The second kappa shape index (κ2) is 7.07. The molecule has 0 aliphatic carbocycles. The first-order chi connectivity index (χ1) is 10.6. The first-order valence-corrected chi connectivity index (χ1v) is 10.1. The van der Waals surface area contributed by atoms with Crippen molar-refractivity contribution in [3.8, 4) is 0 Å². The number of carbonyl (C=O) groups excluding carboxylic acids is 1. The molecule has 2 fully saturated rings. The summed E-state index contributed by atoms with van der Waals surface area (Å²) in [5.41, 5.74) is 0.218. The Kier molecular flexibility index (Phi) is 5.74. The first kappa shape index (κ1) is 18.7. The Morgan fingerprint density at radius 1 is 1.22 bits per heavy atom. The molecule has 0 bridgehead atoms. The van der Waals surface area contributed by atoms with Gasteiger partial charge < -0.3 is 4.90 Å². The van der Waals surface area contributed by atoms with E-state index >= 15 is 0 Å². The van der Waals surface area contributed by atoms with Crippen molar-refractivity contribution in [1.29, 1.82) is 0 Å². The van der Waals surface area contributed by atoms with Gasteiger partial charge in [-0.1, -0.05) is 27.2 Å². The second-order valence-corrected chi connectivity index (χ2v) is 9.47. The number of nitrogens with one attached hydrogen (secondary N) is 1. The van der Waals surface area contributed by atoms with Crippen LogP contribution in [0.2, 0.25) is 0 Å². The number of amides is 1. The van der Waals surface area contributed by atoms with Gasteiger partial charge >= 0.3 is 0 Å². The molecule has 0 aromatic rings. The molecule has 0 aromatic heterocycles. The van der Waals surface area contributed by atoms with Crippen molar-refractivity contribution in [3.05, 3.63) is 0 Å². The minimum atomic E-state index is -3.47. The molecule has 2 heterocycles. The molecule has 134 valence electrons. The van der Waals surface area contributed by atoms with E-state index in [4.69, 9.17) is 0 Å². The van der Waals surface area contributed by atoms with Crippen LogP contribution in [0.15, 0.2) is 0 Å². The Hall–Kier alpha value is -0.660. The maximum absolute atomic E-state index is 12.7. The predicted molar refractivity (Wildman–Crippen MR) is 91.1 cm³/mol. The highest BCUT2D eigenvalue weighted by Crippen LogP contribution is 2.31. The van der Waals surface area contributed by atoms with E-state index in [2.05, 4.69) is 25.5 Å². The highest BCUT2D eigenvalue weighted by atomic mass is 32.2. The molecule has 2 aliphatic rings. The van der Waals surface area contributed by atoms with E-state index in [1.165, 1.54) is 0 Å². The molecule has 0 spiro atoms. The van der Waals surface area contributed by atoms with E-state index in [9.17, 15) is 13.2 Å². The molecule has 0 saturated carbocycles. The normalized spacial score (nSPS) is 29.0. The summed E-state index contributed by atoms with van der Waals surface area (Å²) in [4.78, 5) is 13.4. The monoisotopic (exact) mass is 345 g/mol. The van der Waals surface area contributed by atoms with Crippen molar-refractivity contribution in [1.82, 2.24) is 13.9 Å². The molecule has 2 saturated heterocycles. The van der Waals surface area contributed by atoms with Gasteiger partial charge in [-0.05, 0) is 30.6 Å². The Morgan fingerprint density at radius 3 is 2.35 bits per heavy atom. The van der Waals surface area contributed by atoms with Crippen LogP contribution in [-0.4, -0.2) is 55.8 Å². The molecule has 2 atom stereocenters. The fraction of sp³-hybridized carbons (Fsp3) is 0.938.